The molecule has 1 atom stereocenters. The molecule has 1 saturated heterocycles. The number of carbonyl (C=O) groups is 1. The fraction of sp³-hybridized carbons (Fsp3) is 0.769. The van der Waals surface area contributed by atoms with E-state index >= 15 is 0 Å². The summed E-state index contributed by atoms with van der Waals surface area (Å²) in [4.78, 5) is 15.3. The van der Waals surface area contributed by atoms with Crippen molar-refractivity contribution in [1.29, 1.82) is 0 Å². The largest absolute Gasteiger partial charge is 0.449 e. The van der Waals surface area contributed by atoms with Gasteiger partial charge in [-0.15, -0.1) is 6.42 Å². The van der Waals surface area contributed by atoms with Gasteiger partial charge in [0.15, 0.2) is 0 Å². The molecule has 1 heterocycles. The van der Waals surface area contributed by atoms with Crippen molar-refractivity contribution < 1.29 is 9.53 Å². The lowest BCUT2D eigenvalue weighted by Gasteiger charge is -2.31. The van der Waals surface area contributed by atoms with Gasteiger partial charge >= 0.3 is 6.09 Å². The van der Waals surface area contributed by atoms with Gasteiger partial charge < -0.3 is 9.64 Å². The second kappa shape index (κ2) is 7.18. The highest BCUT2D eigenvalue weighted by Gasteiger charge is 2.21. The zero-order valence-corrected chi connectivity index (χ0v) is 10.8. The molecular formula is C13H22N2O2. The standard InChI is InChI=1S/C13H22N2O2/c1-4-8-15-9-6-7-12(10-15)11-17-13(16)14(3)5-2/h1,12H,5-11H2,2-3H3. The summed E-state index contributed by atoms with van der Waals surface area (Å²) in [7, 11) is 1.74. The van der Waals surface area contributed by atoms with Gasteiger partial charge in [-0.1, -0.05) is 5.92 Å². The first kappa shape index (κ1) is 13.9. The van der Waals surface area contributed by atoms with Crippen LogP contribution in [-0.2, 0) is 4.74 Å². The van der Waals surface area contributed by atoms with Gasteiger partial charge in [-0.2, -0.15) is 0 Å². The summed E-state index contributed by atoms with van der Waals surface area (Å²) < 4.78 is 5.27. The smallest absolute Gasteiger partial charge is 0.409 e. The van der Waals surface area contributed by atoms with E-state index in [0.29, 0.717) is 25.6 Å². The van der Waals surface area contributed by atoms with Crippen molar-refractivity contribution in [3.8, 4) is 12.3 Å². The van der Waals surface area contributed by atoms with Crippen LogP contribution in [0.2, 0.25) is 0 Å². The number of piperidine rings is 1. The normalized spacial score (nSPS) is 20.6. The van der Waals surface area contributed by atoms with E-state index in [-0.39, 0.29) is 6.09 Å². The molecule has 0 aromatic carbocycles. The predicted octanol–water partition coefficient (Wildman–Crippen LogP) is 1.42. The Morgan fingerprint density at radius 3 is 3.06 bits per heavy atom. The van der Waals surface area contributed by atoms with Gasteiger partial charge in [0.1, 0.15) is 0 Å². The van der Waals surface area contributed by atoms with E-state index in [1.165, 1.54) is 0 Å². The van der Waals surface area contributed by atoms with E-state index in [2.05, 4.69) is 10.8 Å². The van der Waals surface area contributed by atoms with Gasteiger partial charge in [-0.05, 0) is 26.3 Å². The van der Waals surface area contributed by atoms with Gasteiger partial charge in [-0.3, -0.25) is 4.90 Å². The maximum Gasteiger partial charge on any atom is 0.409 e. The summed E-state index contributed by atoms with van der Waals surface area (Å²) >= 11 is 0. The second-order valence-electron chi connectivity index (χ2n) is 4.54. The van der Waals surface area contributed by atoms with E-state index in [1.807, 2.05) is 6.92 Å². The minimum absolute atomic E-state index is 0.235. The Morgan fingerprint density at radius 1 is 1.65 bits per heavy atom. The third-order valence-corrected chi connectivity index (χ3v) is 3.15. The average Bonchev–Trinajstić information content (AvgIpc) is 2.36. The molecule has 0 aromatic heterocycles. The SMILES string of the molecule is C#CCN1CCCC(COC(=O)N(C)CC)C1. The summed E-state index contributed by atoms with van der Waals surface area (Å²) in [5.41, 5.74) is 0. The molecular weight excluding hydrogens is 216 g/mol. The number of ether oxygens (including phenoxy) is 1. The molecule has 0 N–H and O–H groups in total. The quantitative estimate of drug-likeness (QED) is 0.694. The number of hydrogen-bond donors (Lipinski definition) is 0. The summed E-state index contributed by atoms with van der Waals surface area (Å²) in [6.45, 7) is 5.80. The number of carbonyl (C=O) groups excluding carboxylic acids is 1. The fourth-order valence-corrected chi connectivity index (χ4v) is 1.99. The summed E-state index contributed by atoms with van der Waals surface area (Å²) in [5, 5.41) is 0. The van der Waals surface area contributed by atoms with Crippen molar-refractivity contribution >= 4 is 6.09 Å². The Balaban J connectivity index is 2.27. The van der Waals surface area contributed by atoms with Gasteiger partial charge in [0.25, 0.3) is 0 Å². The third kappa shape index (κ3) is 4.66. The Labute approximate surface area is 104 Å². The van der Waals surface area contributed by atoms with Crippen LogP contribution in [0.1, 0.15) is 19.8 Å². The fourth-order valence-electron chi connectivity index (χ4n) is 1.99. The molecule has 0 bridgehead atoms. The van der Waals surface area contributed by atoms with Crippen molar-refractivity contribution in [2.75, 3.05) is 39.8 Å². The molecule has 1 unspecified atom stereocenters. The zero-order valence-electron chi connectivity index (χ0n) is 10.8. The molecule has 1 amide bonds. The van der Waals surface area contributed by atoms with Crippen LogP contribution >= 0.6 is 0 Å². The maximum absolute atomic E-state index is 11.5. The molecule has 1 aliphatic rings. The number of hydrogen-bond acceptors (Lipinski definition) is 3. The number of terminal acetylenes is 1. The van der Waals surface area contributed by atoms with Crippen molar-refractivity contribution in [3.63, 3.8) is 0 Å². The molecule has 1 aliphatic heterocycles. The molecule has 96 valence electrons. The first-order valence-electron chi connectivity index (χ1n) is 6.21. The minimum Gasteiger partial charge on any atom is -0.449 e. The van der Waals surface area contributed by atoms with Crippen molar-refractivity contribution in [1.82, 2.24) is 9.80 Å². The van der Waals surface area contributed by atoms with Gasteiger partial charge in [0.05, 0.1) is 13.2 Å². The van der Waals surface area contributed by atoms with E-state index in [1.54, 1.807) is 11.9 Å². The molecule has 0 spiro atoms. The van der Waals surface area contributed by atoms with Crippen LogP contribution in [0.15, 0.2) is 0 Å². The minimum atomic E-state index is -0.235. The third-order valence-electron chi connectivity index (χ3n) is 3.15. The van der Waals surface area contributed by atoms with Crippen LogP contribution < -0.4 is 0 Å². The molecule has 1 rings (SSSR count). The number of amides is 1. The van der Waals surface area contributed by atoms with E-state index < -0.39 is 0 Å². The molecule has 17 heavy (non-hydrogen) atoms. The lowest BCUT2D eigenvalue weighted by atomic mass is 9.99. The highest BCUT2D eigenvalue weighted by Crippen LogP contribution is 2.16. The van der Waals surface area contributed by atoms with Gasteiger partial charge in [-0.25, -0.2) is 4.79 Å². The lowest BCUT2D eigenvalue weighted by molar-refractivity contribution is 0.0741. The Bertz CT molecular complexity index is 286. The molecule has 0 radical (unpaired) electrons. The number of likely N-dealkylation sites (tertiary alicyclic amines) is 1. The summed E-state index contributed by atoms with van der Waals surface area (Å²) in [5.74, 6) is 3.08. The molecule has 4 heteroatoms. The van der Waals surface area contributed by atoms with Crippen molar-refractivity contribution in [2.45, 2.75) is 19.8 Å². The molecule has 1 fully saturated rings. The summed E-state index contributed by atoms with van der Waals surface area (Å²) in [6.07, 6.45) is 7.31. The number of nitrogens with zero attached hydrogens (tertiary/aromatic N) is 2. The Morgan fingerprint density at radius 2 is 2.41 bits per heavy atom. The zero-order chi connectivity index (χ0) is 12.7. The molecule has 0 aromatic rings. The van der Waals surface area contributed by atoms with Gasteiger partial charge in [0.2, 0.25) is 0 Å². The maximum atomic E-state index is 11.5. The van der Waals surface area contributed by atoms with Crippen LogP contribution in [0.3, 0.4) is 0 Å². The first-order chi connectivity index (χ1) is 8.17. The van der Waals surface area contributed by atoms with Crippen LogP contribution in [0.5, 0.6) is 0 Å². The number of rotatable bonds is 4. The first-order valence-corrected chi connectivity index (χ1v) is 6.21. The molecule has 0 saturated carbocycles. The van der Waals surface area contributed by atoms with Crippen LogP contribution in [-0.4, -0.2) is 55.7 Å². The molecule has 4 nitrogen and oxygen atoms in total. The Kier molecular flexibility index (Phi) is 5.85. The van der Waals surface area contributed by atoms with E-state index in [0.717, 1.165) is 25.9 Å². The van der Waals surface area contributed by atoms with Crippen molar-refractivity contribution in [3.05, 3.63) is 0 Å². The summed E-state index contributed by atoms with van der Waals surface area (Å²) in [6, 6.07) is 0. The highest BCUT2D eigenvalue weighted by molar-refractivity contribution is 5.67. The van der Waals surface area contributed by atoms with Gasteiger partial charge in [0, 0.05) is 26.1 Å². The highest BCUT2D eigenvalue weighted by atomic mass is 16.6. The van der Waals surface area contributed by atoms with E-state index in [9.17, 15) is 4.79 Å². The van der Waals surface area contributed by atoms with Crippen molar-refractivity contribution in [2.24, 2.45) is 5.92 Å². The predicted molar refractivity (Wildman–Crippen MR) is 67.6 cm³/mol. The second-order valence-corrected chi connectivity index (χ2v) is 4.54. The van der Waals surface area contributed by atoms with Crippen LogP contribution in [0, 0.1) is 18.3 Å². The average molecular weight is 238 g/mol. The lowest BCUT2D eigenvalue weighted by Crippen LogP contribution is -2.38. The van der Waals surface area contributed by atoms with Crippen LogP contribution in [0.4, 0.5) is 4.79 Å². The monoisotopic (exact) mass is 238 g/mol. The Hall–Kier alpha value is -1.21. The molecule has 0 aliphatic carbocycles. The topological polar surface area (TPSA) is 32.8 Å². The van der Waals surface area contributed by atoms with Crippen LogP contribution in [0.25, 0.3) is 0 Å². The van der Waals surface area contributed by atoms with E-state index in [4.69, 9.17) is 11.2 Å².